The Balaban J connectivity index is 1.87. The number of amides is 3. The number of nitrogens with zero attached hydrogens (tertiary/aromatic N) is 4. The lowest BCUT2D eigenvalue weighted by atomic mass is 10.1. The lowest BCUT2D eigenvalue weighted by Crippen LogP contribution is -2.30. The zero-order valence-corrected chi connectivity index (χ0v) is 14.1. The van der Waals surface area contributed by atoms with Crippen LogP contribution in [0.2, 0.25) is 0 Å². The molecule has 3 heterocycles. The second kappa shape index (κ2) is 5.31. The number of nitrogens with one attached hydrogen (secondary N) is 1. The molecule has 2 aromatic heterocycles. The van der Waals surface area contributed by atoms with E-state index in [9.17, 15) is 9.59 Å². The topological polar surface area (TPSA) is 70.0 Å². The Labute approximate surface area is 140 Å². The van der Waals surface area contributed by atoms with Crippen LogP contribution in [0.15, 0.2) is 18.5 Å². The molecular weight excluding hydrogens is 306 g/mol. The quantitative estimate of drug-likeness (QED) is 0.871. The molecule has 24 heavy (non-hydrogen) atoms. The summed E-state index contributed by atoms with van der Waals surface area (Å²) in [4.78, 5) is 31.8. The number of aromatic nitrogens is 2. The molecule has 2 aliphatic rings. The van der Waals surface area contributed by atoms with E-state index in [0.29, 0.717) is 11.6 Å². The highest BCUT2D eigenvalue weighted by Gasteiger charge is 2.36. The molecule has 2 fully saturated rings. The molecule has 126 valence electrons. The third-order valence-electron chi connectivity index (χ3n) is 4.97. The summed E-state index contributed by atoms with van der Waals surface area (Å²) in [5.74, 6) is 0.359. The van der Waals surface area contributed by atoms with E-state index in [4.69, 9.17) is 4.98 Å². The van der Waals surface area contributed by atoms with Gasteiger partial charge in [-0.15, -0.1) is 0 Å². The predicted octanol–water partition coefficient (Wildman–Crippen LogP) is 1.89. The normalized spacial score (nSPS) is 19.6. The van der Waals surface area contributed by atoms with Gasteiger partial charge in [0.2, 0.25) is 5.91 Å². The average molecular weight is 327 g/mol. The number of anilines is 1. The number of carbonyl (C=O) groups is 2. The van der Waals surface area contributed by atoms with Crippen molar-refractivity contribution in [2.45, 2.75) is 31.7 Å². The van der Waals surface area contributed by atoms with Crippen LogP contribution >= 0.6 is 0 Å². The van der Waals surface area contributed by atoms with Crippen LogP contribution in [-0.4, -0.2) is 46.9 Å². The van der Waals surface area contributed by atoms with Gasteiger partial charge in [0.05, 0.1) is 11.4 Å². The maximum Gasteiger partial charge on any atom is 0.331 e. The Hall–Kier alpha value is -2.41. The van der Waals surface area contributed by atoms with Crippen LogP contribution < -0.4 is 10.2 Å². The van der Waals surface area contributed by atoms with Gasteiger partial charge < -0.3 is 9.72 Å². The molecule has 4 rings (SSSR count). The van der Waals surface area contributed by atoms with E-state index in [1.165, 1.54) is 35.3 Å². The summed E-state index contributed by atoms with van der Waals surface area (Å²) in [6.07, 6.45) is 6.44. The maximum absolute atomic E-state index is 12.4. The number of fused-ring (bicyclic) bond motifs is 1. The minimum Gasteiger partial charge on any atom is -0.312 e. The molecule has 1 saturated heterocycles. The largest absolute Gasteiger partial charge is 0.331 e. The number of imide groups is 1. The van der Waals surface area contributed by atoms with E-state index >= 15 is 0 Å². The third kappa shape index (κ3) is 2.27. The Morgan fingerprint density at radius 3 is 2.62 bits per heavy atom. The molecular formula is C17H21N5O2. The van der Waals surface area contributed by atoms with Crippen molar-refractivity contribution in [3.8, 4) is 0 Å². The average Bonchev–Trinajstić information content (AvgIpc) is 3.29. The van der Waals surface area contributed by atoms with Gasteiger partial charge in [0.15, 0.2) is 5.65 Å². The first kappa shape index (κ1) is 15.1. The lowest BCUT2D eigenvalue weighted by molar-refractivity contribution is -0.123. The maximum atomic E-state index is 12.4. The Morgan fingerprint density at radius 2 is 2.04 bits per heavy atom. The molecule has 3 amide bonds. The van der Waals surface area contributed by atoms with Crippen LogP contribution in [-0.2, 0) is 4.79 Å². The summed E-state index contributed by atoms with van der Waals surface area (Å²) in [6, 6.07) is 1.85. The SMILES string of the molecule is CNC(C)c1cn2cc(C3CC3)cc(N3CC(=O)N(C)C3=O)c2n1. The van der Waals surface area contributed by atoms with Crippen molar-refractivity contribution in [2.24, 2.45) is 0 Å². The molecule has 1 unspecified atom stereocenters. The van der Waals surface area contributed by atoms with Gasteiger partial charge in [-0.1, -0.05) is 0 Å². The molecule has 7 nitrogen and oxygen atoms in total. The predicted molar refractivity (Wildman–Crippen MR) is 90.2 cm³/mol. The summed E-state index contributed by atoms with van der Waals surface area (Å²) >= 11 is 0. The fourth-order valence-corrected chi connectivity index (χ4v) is 3.10. The highest BCUT2D eigenvalue weighted by Crippen LogP contribution is 2.42. The summed E-state index contributed by atoms with van der Waals surface area (Å²) in [5, 5.41) is 3.19. The summed E-state index contributed by atoms with van der Waals surface area (Å²) in [6.45, 7) is 2.12. The zero-order chi connectivity index (χ0) is 17.0. The zero-order valence-electron chi connectivity index (χ0n) is 14.1. The molecule has 0 radical (unpaired) electrons. The van der Waals surface area contributed by atoms with E-state index in [0.717, 1.165) is 11.4 Å². The van der Waals surface area contributed by atoms with Crippen LogP contribution in [0, 0.1) is 0 Å². The number of urea groups is 1. The summed E-state index contributed by atoms with van der Waals surface area (Å²) in [7, 11) is 3.41. The summed E-state index contributed by atoms with van der Waals surface area (Å²) < 4.78 is 1.99. The first-order chi connectivity index (χ1) is 11.5. The highest BCUT2D eigenvalue weighted by atomic mass is 16.2. The van der Waals surface area contributed by atoms with Crippen molar-refractivity contribution in [2.75, 3.05) is 25.5 Å². The van der Waals surface area contributed by atoms with Gasteiger partial charge in [0, 0.05) is 25.5 Å². The first-order valence-corrected chi connectivity index (χ1v) is 8.27. The number of likely N-dealkylation sites (N-methyl/N-ethyl adjacent to an activating group) is 1. The number of carbonyl (C=O) groups excluding carboxylic acids is 2. The molecule has 7 heteroatoms. The second-order valence-electron chi connectivity index (χ2n) is 6.66. The van der Waals surface area contributed by atoms with E-state index in [-0.39, 0.29) is 24.5 Å². The minimum atomic E-state index is -0.291. The van der Waals surface area contributed by atoms with Gasteiger partial charge in [0.1, 0.15) is 6.54 Å². The molecule has 1 aliphatic heterocycles. The number of pyridine rings is 1. The second-order valence-corrected chi connectivity index (χ2v) is 6.66. The molecule has 1 saturated carbocycles. The van der Waals surface area contributed by atoms with Crippen LogP contribution in [0.25, 0.3) is 5.65 Å². The van der Waals surface area contributed by atoms with Crippen molar-refractivity contribution in [1.29, 1.82) is 0 Å². The summed E-state index contributed by atoms with van der Waals surface area (Å²) in [5.41, 5.74) is 3.55. The van der Waals surface area contributed by atoms with Gasteiger partial charge in [-0.25, -0.2) is 9.78 Å². The Bertz CT molecular complexity index is 839. The van der Waals surface area contributed by atoms with Gasteiger partial charge >= 0.3 is 6.03 Å². The lowest BCUT2D eigenvalue weighted by Gasteiger charge is -2.17. The Kier molecular flexibility index (Phi) is 3.35. The Morgan fingerprint density at radius 1 is 1.29 bits per heavy atom. The van der Waals surface area contributed by atoms with Crippen LogP contribution in [0.1, 0.15) is 43.0 Å². The van der Waals surface area contributed by atoms with Gasteiger partial charge in [-0.2, -0.15) is 0 Å². The third-order valence-corrected chi connectivity index (χ3v) is 4.97. The van der Waals surface area contributed by atoms with E-state index in [1.807, 2.05) is 30.6 Å². The van der Waals surface area contributed by atoms with Gasteiger partial charge in [-0.3, -0.25) is 14.6 Å². The molecule has 2 aromatic rings. The van der Waals surface area contributed by atoms with Crippen molar-refractivity contribution in [3.05, 3.63) is 29.7 Å². The number of imidazole rings is 1. The molecule has 1 atom stereocenters. The molecule has 0 spiro atoms. The van der Waals surface area contributed by atoms with Gasteiger partial charge in [-0.05, 0) is 44.4 Å². The van der Waals surface area contributed by atoms with Gasteiger partial charge in [0.25, 0.3) is 0 Å². The number of hydrogen-bond acceptors (Lipinski definition) is 4. The van der Waals surface area contributed by atoms with Crippen LogP contribution in [0.4, 0.5) is 10.5 Å². The monoisotopic (exact) mass is 327 g/mol. The van der Waals surface area contributed by atoms with Crippen molar-refractivity contribution < 1.29 is 9.59 Å². The van der Waals surface area contributed by atoms with Crippen molar-refractivity contribution in [3.63, 3.8) is 0 Å². The molecule has 1 N–H and O–H groups in total. The van der Waals surface area contributed by atoms with E-state index in [1.54, 1.807) is 0 Å². The van der Waals surface area contributed by atoms with Crippen LogP contribution in [0.5, 0.6) is 0 Å². The number of hydrogen-bond donors (Lipinski definition) is 1. The van der Waals surface area contributed by atoms with Crippen LogP contribution in [0.3, 0.4) is 0 Å². The molecule has 0 bridgehead atoms. The van der Waals surface area contributed by atoms with E-state index in [2.05, 4.69) is 11.5 Å². The van der Waals surface area contributed by atoms with Crippen molar-refractivity contribution >= 4 is 23.3 Å². The fourth-order valence-electron chi connectivity index (χ4n) is 3.10. The van der Waals surface area contributed by atoms with E-state index < -0.39 is 0 Å². The molecule has 1 aliphatic carbocycles. The highest BCUT2D eigenvalue weighted by molar-refractivity contribution is 6.13. The molecule has 0 aromatic carbocycles. The number of rotatable bonds is 4. The fraction of sp³-hybridized carbons (Fsp3) is 0.471. The smallest absolute Gasteiger partial charge is 0.312 e. The van der Waals surface area contributed by atoms with Crippen molar-refractivity contribution in [1.82, 2.24) is 19.6 Å². The minimum absolute atomic E-state index is 0.0723. The standard InChI is InChI=1S/C17H21N5O2/c1-10(18-2)13-8-21-7-12(11-4-5-11)6-14(16(21)19-13)22-9-15(23)20(3)17(22)24/h6-8,10-11,18H,4-5,9H2,1-3H3. The first-order valence-electron chi connectivity index (χ1n) is 8.27.